The molecule has 2 rings (SSSR count). The van der Waals surface area contributed by atoms with Gasteiger partial charge in [0.15, 0.2) is 10.9 Å². The first kappa shape index (κ1) is 10.9. The van der Waals surface area contributed by atoms with Crippen molar-refractivity contribution in [2.24, 2.45) is 10.7 Å². The minimum atomic E-state index is -1.44. The van der Waals surface area contributed by atoms with E-state index in [1.165, 1.54) is 30.0 Å². The number of benzene rings is 1. The van der Waals surface area contributed by atoms with Crippen LogP contribution in [0.4, 0.5) is 5.69 Å². The van der Waals surface area contributed by atoms with Crippen molar-refractivity contribution in [3.8, 4) is 0 Å². The van der Waals surface area contributed by atoms with E-state index in [0.29, 0.717) is 5.56 Å². The van der Waals surface area contributed by atoms with Crippen LogP contribution in [0.5, 0.6) is 0 Å². The predicted molar refractivity (Wildman–Crippen MR) is 61.1 cm³/mol. The standard InChI is InChI=1S/C9H9N3O3S/c10-8-11-9(13,5-16-8)6-2-1-3-7(4-6)12(14)15/h1-4,13H,5H2,(H2,10,11). The van der Waals surface area contributed by atoms with Crippen LogP contribution < -0.4 is 5.73 Å². The maximum Gasteiger partial charge on any atom is 0.269 e. The molecule has 7 heteroatoms. The van der Waals surface area contributed by atoms with Crippen LogP contribution in [0.25, 0.3) is 0 Å². The van der Waals surface area contributed by atoms with Gasteiger partial charge in [0.25, 0.3) is 5.69 Å². The Hall–Kier alpha value is -1.60. The van der Waals surface area contributed by atoms with E-state index >= 15 is 0 Å². The summed E-state index contributed by atoms with van der Waals surface area (Å²) in [6.07, 6.45) is 0. The van der Waals surface area contributed by atoms with Crippen LogP contribution in [0.3, 0.4) is 0 Å². The van der Waals surface area contributed by atoms with Gasteiger partial charge < -0.3 is 10.8 Å². The second-order valence-electron chi connectivity index (χ2n) is 3.36. The van der Waals surface area contributed by atoms with Crippen LogP contribution in [0.1, 0.15) is 5.56 Å². The smallest absolute Gasteiger partial charge is 0.269 e. The van der Waals surface area contributed by atoms with Crippen LogP contribution in [-0.4, -0.2) is 21.0 Å². The molecule has 84 valence electrons. The molecule has 1 aromatic rings. The lowest BCUT2D eigenvalue weighted by atomic mass is 10.0. The second kappa shape index (κ2) is 3.76. The molecule has 1 aromatic carbocycles. The van der Waals surface area contributed by atoms with E-state index in [9.17, 15) is 15.2 Å². The number of hydrogen-bond acceptors (Lipinski definition) is 6. The molecule has 0 saturated heterocycles. The molecule has 0 radical (unpaired) electrons. The van der Waals surface area contributed by atoms with E-state index in [1.807, 2.05) is 0 Å². The number of nitro groups is 1. The fourth-order valence-electron chi connectivity index (χ4n) is 1.44. The summed E-state index contributed by atoms with van der Waals surface area (Å²) in [4.78, 5) is 14.0. The average Bonchev–Trinajstić information content (AvgIpc) is 2.60. The van der Waals surface area contributed by atoms with Gasteiger partial charge in [0, 0.05) is 17.7 Å². The third-order valence-corrected chi connectivity index (χ3v) is 3.17. The number of aliphatic hydroxyl groups is 1. The summed E-state index contributed by atoms with van der Waals surface area (Å²) in [7, 11) is 0. The molecule has 1 heterocycles. The Morgan fingerprint density at radius 3 is 2.94 bits per heavy atom. The molecule has 0 saturated carbocycles. The van der Waals surface area contributed by atoms with Gasteiger partial charge in [-0.1, -0.05) is 23.9 Å². The Morgan fingerprint density at radius 2 is 2.38 bits per heavy atom. The topological polar surface area (TPSA) is 102 Å². The monoisotopic (exact) mass is 239 g/mol. The van der Waals surface area contributed by atoms with E-state index in [-0.39, 0.29) is 16.6 Å². The second-order valence-corrected chi connectivity index (χ2v) is 4.36. The van der Waals surface area contributed by atoms with E-state index in [0.717, 1.165) is 0 Å². The number of nitro benzene ring substituents is 1. The maximum atomic E-state index is 10.6. The zero-order chi connectivity index (χ0) is 11.8. The molecule has 0 amide bonds. The summed E-state index contributed by atoms with van der Waals surface area (Å²) in [5.41, 5.74) is 4.33. The summed E-state index contributed by atoms with van der Waals surface area (Å²) in [6.45, 7) is 0. The summed E-state index contributed by atoms with van der Waals surface area (Å²) in [5.74, 6) is 0.278. The minimum Gasteiger partial charge on any atom is -0.378 e. The molecule has 6 nitrogen and oxygen atoms in total. The maximum absolute atomic E-state index is 10.6. The molecule has 1 aliphatic heterocycles. The molecule has 0 bridgehead atoms. The fourth-order valence-corrected chi connectivity index (χ4v) is 2.23. The van der Waals surface area contributed by atoms with Gasteiger partial charge in [-0.15, -0.1) is 0 Å². The van der Waals surface area contributed by atoms with Crippen LogP contribution in [0.15, 0.2) is 29.3 Å². The molecule has 1 unspecified atom stereocenters. The van der Waals surface area contributed by atoms with Crippen LogP contribution in [0.2, 0.25) is 0 Å². The number of thioether (sulfide) groups is 1. The van der Waals surface area contributed by atoms with Crippen molar-refractivity contribution in [3.63, 3.8) is 0 Å². The minimum absolute atomic E-state index is 0.0726. The highest BCUT2D eigenvalue weighted by molar-refractivity contribution is 8.14. The lowest BCUT2D eigenvalue weighted by molar-refractivity contribution is -0.385. The molecule has 0 fully saturated rings. The third-order valence-electron chi connectivity index (χ3n) is 2.24. The van der Waals surface area contributed by atoms with Crippen molar-refractivity contribution >= 4 is 22.6 Å². The first-order valence-electron chi connectivity index (χ1n) is 4.47. The van der Waals surface area contributed by atoms with Crippen molar-refractivity contribution in [2.45, 2.75) is 5.72 Å². The predicted octanol–water partition coefficient (Wildman–Crippen LogP) is 0.801. The zero-order valence-corrected chi connectivity index (χ0v) is 8.98. The van der Waals surface area contributed by atoms with Gasteiger partial charge in [0.1, 0.15) is 0 Å². The van der Waals surface area contributed by atoms with Gasteiger partial charge in [-0.2, -0.15) is 0 Å². The Morgan fingerprint density at radius 1 is 1.62 bits per heavy atom. The number of non-ortho nitro benzene ring substituents is 1. The summed E-state index contributed by atoms with van der Waals surface area (Å²) >= 11 is 1.22. The van der Waals surface area contributed by atoms with Crippen LogP contribution in [-0.2, 0) is 5.72 Å². The number of hydrogen-bond donors (Lipinski definition) is 2. The summed E-state index contributed by atoms with van der Waals surface area (Å²) in [6, 6.07) is 5.78. The molecule has 0 aromatic heterocycles. The summed E-state index contributed by atoms with van der Waals surface area (Å²) < 4.78 is 0. The summed E-state index contributed by atoms with van der Waals surface area (Å²) in [5, 5.41) is 21.0. The highest BCUT2D eigenvalue weighted by Crippen LogP contribution is 2.34. The Labute approximate surface area is 95.3 Å². The van der Waals surface area contributed by atoms with Crippen LogP contribution >= 0.6 is 11.8 Å². The number of rotatable bonds is 2. The number of aliphatic imine (C=N–C) groups is 1. The Bertz CT molecular complexity index is 477. The van der Waals surface area contributed by atoms with Gasteiger partial charge in [-0.3, -0.25) is 10.1 Å². The van der Waals surface area contributed by atoms with Gasteiger partial charge in [0.05, 0.1) is 10.7 Å². The van der Waals surface area contributed by atoms with Crippen molar-refractivity contribution in [1.29, 1.82) is 0 Å². The van der Waals surface area contributed by atoms with Gasteiger partial charge >= 0.3 is 0 Å². The molecule has 3 N–H and O–H groups in total. The molecule has 1 aliphatic rings. The van der Waals surface area contributed by atoms with E-state index in [2.05, 4.69) is 4.99 Å². The van der Waals surface area contributed by atoms with Crippen molar-refractivity contribution in [1.82, 2.24) is 0 Å². The first-order chi connectivity index (χ1) is 7.51. The fraction of sp³-hybridized carbons (Fsp3) is 0.222. The van der Waals surface area contributed by atoms with Gasteiger partial charge in [-0.25, -0.2) is 4.99 Å². The highest BCUT2D eigenvalue weighted by Gasteiger charge is 2.35. The molecule has 1 atom stereocenters. The largest absolute Gasteiger partial charge is 0.378 e. The molecular formula is C9H9N3O3S. The Kier molecular flexibility index (Phi) is 2.56. The SMILES string of the molecule is NC1=NC(O)(c2cccc([N+](=O)[O-])c2)CS1. The molecule has 16 heavy (non-hydrogen) atoms. The molecular weight excluding hydrogens is 230 g/mol. The lowest BCUT2D eigenvalue weighted by Crippen LogP contribution is -2.23. The van der Waals surface area contributed by atoms with Crippen molar-refractivity contribution < 1.29 is 10.0 Å². The average molecular weight is 239 g/mol. The first-order valence-corrected chi connectivity index (χ1v) is 5.45. The number of nitrogens with two attached hydrogens (primary N) is 1. The zero-order valence-electron chi connectivity index (χ0n) is 8.16. The van der Waals surface area contributed by atoms with Gasteiger partial charge in [-0.05, 0) is 0 Å². The van der Waals surface area contributed by atoms with E-state index in [4.69, 9.17) is 5.73 Å². The molecule has 0 spiro atoms. The highest BCUT2D eigenvalue weighted by atomic mass is 32.2. The van der Waals surface area contributed by atoms with Crippen molar-refractivity contribution in [2.75, 3.05) is 5.75 Å². The van der Waals surface area contributed by atoms with E-state index < -0.39 is 10.6 Å². The third kappa shape index (κ3) is 1.86. The molecule has 0 aliphatic carbocycles. The Balaban J connectivity index is 2.41. The normalized spacial score (nSPS) is 24.2. The van der Waals surface area contributed by atoms with Crippen molar-refractivity contribution in [3.05, 3.63) is 39.9 Å². The quantitative estimate of drug-likeness (QED) is 0.587. The van der Waals surface area contributed by atoms with E-state index in [1.54, 1.807) is 6.07 Å². The van der Waals surface area contributed by atoms with Gasteiger partial charge in [0.2, 0.25) is 0 Å². The van der Waals surface area contributed by atoms with Crippen LogP contribution in [0, 0.1) is 10.1 Å². The number of nitrogens with zero attached hydrogens (tertiary/aromatic N) is 2. The number of amidine groups is 1. The lowest BCUT2D eigenvalue weighted by Gasteiger charge is -2.17.